The number of rotatable bonds is 3. The number of piperidine rings is 1. The third-order valence-electron chi connectivity index (χ3n) is 3.68. The summed E-state index contributed by atoms with van der Waals surface area (Å²) in [5.74, 6) is 0.478. The molecule has 0 unspecified atom stereocenters. The van der Waals surface area contributed by atoms with Crippen LogP contribution in [0, 0.1) is 0 Å². The Morgan fingerprint density at radius 3 is 2.69 bits per heavy atom. The highest BCUT2D eigenvalue weighted by Crippen LogP contribution is 2.30. The fraction of sp³-hybridized carbons (Fsp3) is 0.467. The van der Waals surface area contributed by atoms with Gasteiger partial charge in [0.05, 0.1) is 0 Å². The maximum atomic E-state index is 4.02. The Morgan fingerprint density at radius 1 is 1.31 bits per heavy atom. The SMILES string of the molecule is C=C[C@H](c1ccccc1)[C@@H]1CCCCN1C. The molecule has 0 aliphatic carbocycles. The lowest BCUT2D eigenvalue weighted by Crippen LogP contribution is -2.39. The Hall–Kier alpha value is -1.08. The van der Waals surface area contributed by atoms with Crippen molar-refractivity contribution in [3.8, 4) is 0 Å². The highest BCUT2D eigenvalue weighted by Gasteiger charge is 2.26. The summed E-state index contributed by atoms with van der Waals surface area (Å²) >= 11 is 0. The van der Waals surface area contributed by atoms with Crippen molar-refractivity contribution in [3.63, 3.8) is 0 Å². The van der Waals surface area contributed by atoms with E-state index in [2.05, 4.69) is 54.9 Å². The normalized spacial score (nSPS) is 23.9. The molecule has 1 heteroatoms. The maximum absolute atomic E-state index is 4.02. The molecule has 86 valence electrons. The Morgan fingerprint density at radius 2 is 2.06 bits per heavy atom. The summed E-state index contributed by atoms with van der Waals surface area (Å²) in [7, 11) is 2.24. The highest BCUT2D eigenvalue weighted by molar-refractivity contribution is 5.25. The van der Waals surface area contributed by atoms with Gasteiger partial charge in [0.25, 0.3) is 0 Å². The third-order valence-corrected chi connectivity index (χ3v) is 3.68. The maximum Gasteiger partial charge on any atom is 0.0196 e. The summed E-state index contributed by atoms with van der Waals surface area (Å²) in [5.41, 5.74) is 1.40. The molecule has 0 spiro atoms. The Kier molecular flexibility index (Phi) is 3.79. The van der Waals surface area contributed by atoms with Gasteiger partial charge in [-0.3, -0.25) is 0 Å². The topological polar surface area (TPSA) is 3.24 Å². The van der Waals surface area contributed by atoms with Crippen molar-refractivity contribution in [2.45, 2.75) is 31.2 Å². The van der Waals surface area contributed by atoms with Gasteiger partial charge in [0.2, 0.25) is 0 Å². The summed E-state index contributed by atoms with van der Waals surface area (Å²) in [4.78, 5) is 2.49. The molecule has 0 N–H and O–H groups in total. The van der Waals surface area contributed by atoms with Gasteiger partial charge in [0.15, 0.2) is 0 Å². The van der Waals surface area contributed by atoms with Crippen LogP contribution in [0.4, 0.5) is 0 Å². The molecule has 2 rings (SSSR count). The van der Waals surface area contributed by atoms with Crippen LogP contribution in [0.1, 0.15) is 30.7 Å². The molecule has 1 aliphatic heterocycles. The molecule has 0 bridgehead atoms. The van der Waals surface area contributed by atoms with E-state index < -0.39 is 0 Å². The molecule has 0 radical (unpaired) electrons. The number of benzene rings is 1. The van der Waals surface area contributed by atoms with Gasteiger partial charge in [-0.1, -0.05) is 42.8 Å². The van der Waals surface area contributed by atoms with E-state index in [1.54, 1.807) is 0 Å². The zero-order valence-corrected chi connectivity index (χ0v) is 10.1. The molecule has 1 saturated heterocycles. The summed E-state index contributed by atoms with van der Waals surface area (Å²) in [6.45, 7) is 5.24. The fourth-order valence-electron chi connectivity index (χ4n) is 2.75. The van der Waals surface area contributed by atoms with Gasteiger partial charge >= 0.3 is 0 Å². The third kappa shape index (κ3) is 2.35. The summed E-state index contributed by atoms with van der Waals surface area (Å²) in [5, 5.41) is 0. The van der Waals surface area contributed by atoms with Crippen LogP contribution >= 0.6 is 0 Å². The van der Waals surface area contributed by atoms with Gasteiger partial charge in [-0.15, -0.1) is 6.58 Å². The van der Waals surface area contributed by atoms with Crippen molar-refractivity contribution in [2.75, 3.05) is 13.6 Å². The van der Waals surface area contributed by atoms with E-state index in [0.29, 0.717) is 12.0 Å². The van der Waals surface area contributed by atoms with Crippen molar-refractivity contribution in [2.24, 2.45) is 0 Å². The second-order valence-electron chi connectivity index (χ2n) is 4.72. The molecule has 1 aromatic carbocycles. The van der Waals surface area contributed by atoms with Crippen LogP contribution in [0.3, 0.4) is 0 Å². The standard InChI is InChI=1S/C15H21N/c1-3-14(13-9-5-4-6-10-13)15-11-7-8-12-16(15)2/h3-6,9-10,14-15H,1,7-8,11-12H2,2H3/t14-,15+/m1/s1. The molecular weight excluding hydrogens is 194 g/mol. The molecule has 16 heavy (non-hydrogen) atoms. The van der Waals surface area contributed by atoms with Crippen molar-refractivity contribution < 1.29 is 0 Å². The molecule has 0 saturated carbocycles. The van der Waals surface area contributed by atoms with E-state index in [4.69, 9.17) is 0 Å². The molecular formula is C15H21N. The minimum Gasteiger partial charge on any atom is -0.302 e. The fourth-order valence-corrected chi connectivity index (χ4v) is 2.75. The largest absolute Gasteiger partial charge is 0.302 e. The molecule has 1 nitrogen and oxygen atoms in total. The van der Waals surface area contributed by atoms with Gasteiger partial charge in [-0.05, 0) is 32.0 Å². The van der Waals surface area contributed by atoms with Crippen molar-refractivity contribution in [1.29, 1.82) is 0 Å². The predicted molar refractivity (Wildman–Crippen MR) is 69.6 cm³/mol. The molecule has 1 aromatic rings. The van der Waals surface area contributed by atoms with Crippen LogP contribution in [0.15, 0.2) is 43.0 Å². The molecule has 1 aliphatic rings. The van der Waals surface area contributed by atoms with Crippen molar-refractivity contribution >= 4 is 0 Å². The average molecular weight is 215 g/mol. The van der Waals surface area contributed by atoms with E-state index >= 15 is 0 Å². The van der Waals surface area contributed by atoms with Crippen molar-refractivity contribution in [1.82, 2.24) is 4.90 Å². The number of hydrogen-bond donors (Lipinski definition) is 0. The van der Waals surface area contributed by atoms with Crippen LogP contribution in [-0.4, -0.2) is 24.5 Å². The molecule has 0 amide bonds. The smallest absolute Gasteiger partial charge is 0.0196 e. The molecule has 2 atom stereocenters. The first kappa shape index (κ1) is 11.4. The molecule has 1 fully saturated rings. The Balaban J connectivity index is 2.18. The summed E-state index contributed by atoms with van der Waals surface area (Å²) < 4.78 is 0. The predicted octanol–water partition coefficient (Wildman–Crippen LogP) is 3.44. The number of likely N-dealkylation sites (tertiary alicyclic amines) is 1. The van der Waals surface area contributed by atoms with Gasteiger partial charge in [-0.2, -0.15) is 0 Å². The van der Waals surface area contributed by atoms with E-state index in [0.717, 1.165) is 0 Å². The van der Waals surface area contributed by atoms with Gasteiger partial charge in [0.1, 0.15) is 0 Å². The van der Waals surface area contributed by atoms with Gasteiger partial charge < -0.3 is 4.90 Å². The number of likely N-dealkylation sites (N-methyl/N-ethyl adjacent to an activating group) is 1. The summed E-state index contributed by atoms with van der Waals surface area (Å²) in [6, 6.07) is 11.4. The zero-order valence-electron chi connectivity index (χ0n) is 10.1. The highest BCUT2D eigenvalue weighted by atomic mass is 15.1. The molecule has 0 aromatic heterocycles. The monoisotopic (exact) mass is 215 g/mol. The lowest BCUT2D eigenvalue weighted by atomic mass is 9.85. The lowest BCUT2D eigenvalue weighted by Gasteiger charge is -2.37. The van der Waals surface area contributed by atoms with Gasteiger partial charge in [0, 0.05) is 12.0 Å². The first-order valence-electron chi connectivity index (χ1n) is 6.20. The van der Waals surface area contributed by atoms with Crippen molar-refractivity contribution in [3.05, 3.63) is 48.6 Å². The second kappa shape index (κ2) is 5.31. The first-order chi connectivity index (χ1) is 7.83. The minimum absolute atomic E-state index is 0.478. The minimum atomic E-state index is 0.478. The summed E-state index contributed by atoms with van der Waals surface area (Å²) in [6.07, 6.45) is 6.10. The zero-order chi connectivity index (χ0) is 11.4. The van der Waals surface area contributed by atoms with Gasteiger partial charge in [-0.25, -0.2) is 0 Å². The Labute approximate surface area is 98.8 Å². The van der Waals surface area contributed by atoms with Crippen LogP contribution in [-0.2, 0) is 0 Å². The van der Waals surface area contributed by atoms with E-state index in [-0.39, 0.29) is 0 Å². The van der Waals surface area contributed by atoms with E-state index in [9.17, 15) is 0 Å². The molecule has 1 heterocycles. The van der Waals surface area contributed by atoms with E-state index in [1.807, 2.05) is 0 Å². The van der Waals surface area contributed by atoms with Crippen LogP contribution in [0.2, 0.25) is 0 Å². The Bertz CT molecular complexity index is 331. The van der Waals surface area contributed by atoms with E-state index in [1.165, 1.54) is 31.4 Å². The number of nitrogens with zero attached hydrogens (tertiary/aromatic N) is 1. The van der Waals surface area contributed by atoms with Crippen LogP contribution < -0.4 is 0 Å². The second-order valence-corrected chi connectivity index (χ2v) is 4.72. The quantitative estimate of drug-likeness (QED) is 0.698. The van der Waals surface area contributed by atoms with Crippen LogP contribution in [0.25, 0.3) is 0 Å². The van der Waals surface area contributed by atoms with Crippen LogP contribution in [0.5, 0.6) is 0 Å². The average Bonchev–Trinajstić information content (AvgIpc) is 2.34. The lowest BCUT2D eigenvalue weighted by molar-refractivity contribution is 0.172. The first-order valence-corrected chi connectivity index (χ1v) is 6.20. The number of hydrogen-bond acceptors (Lipinski definition) is 1.